The minimum Gasteiger partial charge on any atom is -0.469 e. The molecule has 0 amide bonds. The molecule has 1 N–H and O–H groups in total. The summed E-state index contributed by atoms with van der Waals surface area (Å²) in [4.78, 5) is 11.3. The molecular formula is C10H18O3. The standard InChI is InChI=1S/C10H18O3/c1-6-7(2)8(11)10(3,4)9(12)13-5/h6,8,11H,1-5H3/b7-6+/t8-/m1/s1. The molecule has 0 aliphatic rings. The van der Waals surface area contributed by atoms with E-state index in [4.69, 9.17) is 0 Å². The summed E-state index contributed by atoms with van der Waals surface area (Å²) in [5, 5.41) is 9.78. The molecule has 0 fully saturated rings. The van der Waals surface area contributed by atoms with Gasteiger partial charge in [0.25, 0.3) is 0 Å². The Bertz CT molecular complexity index is 216. The molecule has 0 spiro atoms. The van der Waals surface area contributed by atoms with Crippen LogP contribution in [0.3, 0.4) is 0 Å². The average Bonchev–Trinajstić information content (AvgIpc) is 2.13. The van der Waals surface area contributed by atoms with Gasteiger partial charge in [-0.1, -0.05) is 6.08 Å². The van der Waals surface area contributed by atoms with Crippen LogP contribution < -0.4 is 0 Å². The van der Waals surface area contributed by atoms with Crippen LogP contribution >= 0.6 is 0 Å². The lowest BCUT2D eigenvalue weighted by Crippen LogP contribution is -2.38. The Kier molecular flexibility index (Phi) is 4.14. The van der Waals surface area contributed by atoms with E-state index in [1.807, 2.05) is 6.92 Å². The van der Waals surface area contributed by atoms with Gasteiger partial charge in [0.2, 0.25) is 0 Å². The molecule has 76 valence electrons. The van der Waals surface area contributed by atoms with Crippen molar-refractivity contribution in [3.8, 4) is 0 Å². The van der Waals surface area contributed by atoms with Gasteiger partial charge in [-0.15, -0.1) is 0 Å². The number of hydrogen-bond acceptors (Lipinski definition) is 3. The van der Waals surface area contributed by atoms with E-state index >= 15 is 0 Å². The second-order valence-electron chi connectivity index (χ2n) is 3.65. The Balaban J connectivity index is 4.73. The topological polar surface area (TPSA) is 46.5 Å². The molecule has 0 bridgehead atoms. The summed E-state index contributed by atoms with van der Waals surface area (Å²) >= 11 is 0. The van der Waals surface area contributed by atoms with Crippen LogP contribution in [0, 0.1) is 5.41 Å². The summed E-state index contributed by atoms with van der Waals surface area (Å²) in [6, 6.07) is 0. The molecule has 0 aliphatic heterocycles. The van der Waals surface area contributed by atoms with E-state index in [-0.39, 0.29) is 0 Å². The molecule has 13 heavy (non-hydrogen) atoms. The Labute approximate surface area is 79.4 Å². The highest BCUT2D eigenvalue weighted by Gasteiger charge is 2.37. The number of carbonyl (C=O) groups is 1. The number of esters is 1. The molecule has 0 aliphatic carbocycles. The summed E-state index contributed by atoms with van der Waals surface area (Å²) in [7, 11) is 1.32. The predicted molar refractivity (Wildman–Crippen MR) is 51.2 cm³/mol. The predicted octanol–water partition coefficient (Wildman–Crippen LogP) is 1.51. The van der Waals surface area contributed by atoms with Crippen LogP contribution in [0.5, 0.6) is 0 Å². The van der Waals surface area contributed by atoms with Gasteiger partial charge in [0.05, 0.1) is 18.6 Å². The molecule has 0 aromatic rings. The Morgan fingerprint density at radius 1 is 1.54 bits per heavy atom. The van der Waals surface area contributed by atoms with Crippen molar-refractivity contribution in [2.24, 2.45) is 5.41 Å². The fraction of sp³-hybridized carbons (Fsp3) is 0.700. The minimum atomic E-state index is -0.884. The van der Waals surface area contributed by atoms with E-state index < -0.39 is 17.5 Å². The second kappa shape index (κ2) is 4.42. The number of aliphatic hydroxyl groups is 1. The number of aliphatic hydroxyl groups excluding tert-OH is 1. The zero-order chi connectivity index (χ0) is 10.6. The Morgan fingerprint density at radius 3 is 2.31 bits per heavy atom. The highest BCUT2D eigenvalue weighted by atomic mass is 16.5. The summed E-state index contributed by atoms with van der Waals surface area (Å²) in [6.07, 6.45) is 1.000. The highest BCUT2D eigenvalue weighted by Crippen LogP contribution is 2.26. The summed E-state index contributed by atoms with van der Waals surface area (Å²) in [5.41, 5.74) is -0.110. The minimum absolute atomic E-state index is 0.402. The van der Waals surface area contributed by atoms with Gasteiger partial charge in [0.15, 0.2) is 0 Å². The third-order valence-electron chi connectivity index (χ3n) is 2.28. The van der Waals surface area contributed by atoms with E-state index in [2.05, 4.69) is 4.74 Å². The summed E-state index contributed by atoms with van der Waals surface area (Å²) in [6.45, 7) is 6.94. The second-order valence-corrected chi connectivity index (χ2v) is 3.65. The maximum absolute atomic E-state index is 11.3. The average molecular weight is 186 g/mol. The molecule has 0 aromatic carbocycles. The van der Waals surface area contributed by atoms with Crippen LogP contribution in [-0.4, -0.2) is 24.3 Å². The first-order chi connectivity index (χ1) is 5.87. The number of methoxy groups -OCH3 is 1. The fourth-order valence-electron chi connectivity index (χ4n) is 1.10. The molecule has 0 heterocycles. The fourth-order valence-corrected chi connectivity index (χ4v) is 1.10. The first-order valence-corrected chi connectivity index (χ1v) is 4.27. The Morgan fingerprint density at radius 2 is 2.00 bits per heavy atom. The number of ether oxygens (including phenoxy) is 1. The maximum atomic E-state index is 11.3. The van der Waals surface area contributed by atoms with E-state index in [0.717, 1.165) is 5.57 Å². The molecule has 3 nitrogen and oxygen atoms in total. The molecule has 0 unspecified atom stereocenters. The van der Waals surface area contributed by atoms with E-state index in [9.17, 15) is 9.90 Å². The zero-order valence-corrected chi connectivity index (χ0v) is 8.92. The van der Waals surface area contributed by atoms with Crippen LogP contribution in [0.4, 0.5) is 0 Å². The Hall–Kier alpha value is -0.830. The largest absolute Gasteiger partial charge is 0.469 e. The highest BCUT2D eigenvalue weighted by molar-refractivity contribution is 5.77. The number of hydrogen-bond donors (Lipinski definition) is 1. The van der Waals surface area contributed by atoms with Crippen molar-refractivity contribution in [3.05, 3.63) is 11.6 Å². The number of carbonyl (C=O) groups excluding carboxylic acids is 1. The first-order valence-electron chi connectivity index (χ1n) is 4.27. The van der Waals surface area contributed by atoms with E-state index in [1.165, 1.54) is 7.11 Å². The molecule has 0 saturated heterocycles. The van der Waals surface area contributed by atoms with Crippen LogP contribution in [0.25, 0.3) is 0 Å². The van der Waals surface area contributed by atoms with Gasteiger partial charge in [0, 0.05) is 0 Å². The lowest BCUT2D eigenvalue weighted by molar-refractivity contribution is -0.155. The van der Waals surface area contributed by atoms with E-state index in [1.54, 1.807) is 26.8 Å². The molecule has 0 radical (unpaired) electrons. The molecule has 1 atom stereocenters. The lowest BCUT2D eigenvalue weighted by Gasteiger charge is -2.28. The van der Waals surface area contributed by atoms with Crippen molar-refractivity contribution < 1.29 is 14.6 Å². The quantitative estimate of drug-likeness (QED) is 0.537. The van der Waals surface area contributed by atoms with Gasteiger partial charge in [-0.3, -0.25) is 4.79 Å². The van der Waals surface area contributed by atoms with Crippen molar-refractivity contribution in [2.45, 2.75) is 33.8 Å². The van der Waals surface area contributed by atoms with Crippen LogP contribution in [0.1, 0.15) is 27.7 Å². The van der Waals surface area contributed by atoms with E-state index in [0.29, 0.717) is 0 Å². The molecule has 0 saturated carbocycles. The summed E-state index contributed by atoms with van der Waals surface area (Å²) in [5.74, 6) is -0.402. The normalized spacial score (nSPS) is 15.4. The van der Waals surface area contributed by atoms with Crippen molar-refractivity contribution in [2.75, 3.05) is 7.11 Å². The molecule has 0 aromatic heterocycles. The van der Waals surface area contributed by atoms with Gasteiger partial charge < -0.3 is 9.84 Å². The number of allylic oxidation sites excluding steroid dienone is 1. The SMILES string of the molecule is C/C=C(\C)[C@@H](O)C(C)(C)C(=O)OC. The van der Waals surface area contributed by atoms with Crippen LogP contribution in [-0.2, 0) is 9.53 Å². The van der Waals surface area contributed by atoms with Gasteiger partial charge in [0.1, 0.15) is 0 Å². The molecular weight excluding hydrogens is 168 g/mol. The van der Waals surface area contributed by atoms with Crippen molar-refractivity contribution in [1.82, 2.24) is 0 Å². The van der Waals surface area contributed by atoms with Crippen molar-refractivity contribution >= 4 is 5.97 Å². The molecule has 0 rings (SSSR count). The van der Waals surface area contributed by atoms with Gasteiger partial charge in [-0.2, -0.15) is 0 Å². The zero-order valence-electron chi connectivity index (χ0n) is 8.92. The third-order valence-corrected chi connectivity index (χ3v) is 2.28. The van der Waals surface area contributed by atoms with Gasteiger partial charge in [-0.05, 0) is 33.3 Å². The van der Waals surface area contributed by atoms with Gasteiger partial charge in [-0.25, -0.2) is 0 Å². The van der Waals surface area contributed by atoms with Crippen molar-refractivity contribution in [3.63, 3.8) is 0 Å². The monoisotopic (exact) mass is 186 g/mol. The smallest absolute Gasteiger partial charge is 0.314 e. The summed E-state index contributed by atoms with van der Waals surface area (Å²) < 4.78 is 4.60. The lowest BCUT2D eigenvalue weighted by atomic mass is 9.83. The molecule has 3 heteroatoms. The van der Waals surface area contributed by atoms with Gasteiger partial charge >= 0.3 is 5.97 Å². The van der Waals surface area contributed by atoms with Crippen LogP contribution in [0.15, 0.2) is 11.6 Å². The van der Waals surface area contributed by atoms with Crippen molar-refractivity contribution in [1.29, 1.82) is 0 Å². The van der Waals surface area contributed by atoms with Crippen LogP contribution in [0.2, 0.25) is 0 Å². The third kappa shape index (κ3) is 2.56. The maximum Gasteiger partial charge on any atom is 0.314 e. The first kappa shape index (κ1) is 12.2. The number of rotatable bonds is 3.